The molecule has 0 radical (unpaired) electrons. The van der Waals surface area contributed by atoms with E-state index in [0.717, 1.165) is 5.56 Å². The molecule has 1 amide bonds. The Morgan fingerprint density at radius 3 is 2.27 bits per heavy atom. The Morgan fingerprint density at radius 1 is 1.00 bits per heavy atom. The number of rotatable bonds is 5. The van der Waals surface area contributed by atoms with Crippen LogP contribution in [0.15, 0.2) is 78.4 Å². The lowest BCUT2D eigenvalue weighted by Gasteiger charge is -2.25. The summed E-state index contributed by atoms with van der Waals surface area (Å²) in [5.41, 5.74) is 2.34. The number of aliphatic hydroxyl groups excluding tert-OH is 1. The Balaban J connectivity index is 1.86. The van der Waals surface area contributed by atoms with Gasteiger partial charge in [-0.2, -0.15) is 0 Å². The van der Waals surface area contributed by atoms with E-state index in [1.54, 1.807) is 30.3 Å². The summed E-state index contributed by atoms with van der Waals surface area (Å²) in [5.74, 6) is -1.68. The van der Waals surface area contributed by atoms with E-state index in [-0.39, 0.29) is 17.4 Å². The van der Waals surface area contributed by atoms with Crippen molar-refractivity contribution in [3.63, 3.8) is 0 Å². The number of carbonyl (C=O) groups is 2. The summed E-state index contributed by atoms with van der Waals surface area (Å²) >= 11 is 0. The quantitative estimate of drug-likeness (QED) is 0.318. The lowest BCUT2D eigenvalue weighted by atomic mass is 9.94. The highest BCUT2D eigenvalue weighted by molar-refractivity contribution is 6.51. The van der Waals surface area contributed by atoms with E-state index in [2.05, 4.69) is 0 Å². The molecule has 5 nitrogen and oxygen atoms in total. The van der Waals surface area contributed by atoms with E-state index in [4.69, 9.17) is 4.74 Å². The zero-order valence-electron chi connectivity index (χ0n) is 18.6. The average molecular weight is 445 g/mol. The van der Waals surface area contributed by atoms with E-state index < -0.39 is 23.5 Å². The monoisotopic (exact) mass is 445 g/mol. The van der Waals surface area contributed by atoms with Crippen LogP contribution < -0.4 is 9.64 Å². The number of carbonyl (C=O) groups excluding carboxylic acids is 2. The number of ether oxygens (including phenoxy) is 1. The van der Waals surface area contributed by atoms with Crippen LogP contribution in [0.2, 0.25) is 0 Å². The number of Topliss-reactive ketones (excluding diaryl/α,β-unsaturated/α-hetero) is 1. The second-order valence-corrected chi connectivity index (χ2v) is 8.25. The van der Waals surface area contributed by atoms with Crippen molar-refractivity contribution in [1.29, 1.82) is 0 Å². The van der Waals surface area contributed by atoms with Crippen molar-refractivity contribution in [2.75, 3.05) is 4.90 Å². The van der Waals surface area contributed by atoms with Crippen LogP contribution in [0, 0.1) is 12.7 Å². The molecule has 6 heteroatoms. The molecular weight excluding hydrogens is 421 g/mol. The molecular formula is C27H24FNO4. The van der Waals surface area contributed by atoms with Gasteiger partial charge in [-0.3, -0.25) is 14.5 Å². The van der Waals surface area contributed by atoms with E-state index in [1.807, 2.05) is 39.0 Å². The number of halogens is 1. The molecule has 1 heterocycles. The first kappa shape index (κ1) is 22.3. The predicted molar refractivity (Wildman–Crippen MR) is 125 cm³/mol. The summed E-state index contributed by atoms with van der Waals surface area (Å²) in [6.45, 7) is 5.72. The van der Waals surface area contributed by atoms with Crippen molar-refractivity contribution in [3.05, 3.63) is 101 Å². The molecule has 0 saturated carbocycles. The van der Waals surface area contributed by atoms with Gasteiger partial charge in [-0.05, 0) is 74.9 Å². The number of benzene rings is 3. The van der Waals surface area contributed by atoms with Gasteiger partial charge in [0.1, 0.15) is 17.3 Å². The Hall–Kier alpha value is -3.93. The molecule has 0 spiro atoms. The van der Waals surface area contributed by atoms with E-state index in [9.17, 15) is 19.1 Å². The fraction of sp³-hybridized carbons (Fsp3) is 0.185. The Morgan fingerprint density at radius 2 is 1.67 bits per heavy atom. The second kappa shape index (κ2) is 8.90. The largest absolute Gasteiger partial charge is 0.507 e. The lowest BCUT2D eigenvalue weighted by Crippen LogP contribution is -2.29. The number of anilines is 1. The summed E-state index contributed by atoms with van der Waals surface area (Å²) < 4.78 is 19.2. The molecule has 1 aliphatic rings. The number of hydrogen-bond acceptors (Lipinski definition) is 4. The molecule has 0 aliphatic carbocycles. The Labute approximate surface area is 191 Å². The first-order valence-electron chi connectivity index (χ1n) is 10.7. The molecule has 4 rings (SSSR count). The normalized spacial score (nSPS) is 17.6. The molecule has 0 bridgehead atoms. The minimum absolute atomic E-state index is 0.00759. The number of aliphatic hydroxyl groups is 1. The van der Waals surface area contributed by atoms with Gasteiger partial charge >= 0.3 is 0 Å². The van der Waals surface area contributed by atoms with Crippen molar-refractivity contribution in [3.8, 4) is 5.75 Å². The van der Waals surface area contributed by atoms with Crippen LogP contribution in [-0.2, 0) is 9.59 Å². The van der Waals surface area contributed by atoms with Gasteiger partial charge in [0.25, 0.3) is 11.7 Å². The molecule has 3 aromatic rings. The third kappa shape index (κ3) is 4.37. The van der Waals surface area contributed by atoms with Gasteiger partial charge in [-0.1, -0.05) is 29.8 Å². The van der Waals surface area contributed by atoms with Gasteiger partial charge in [-0.25, -0.2) is 4.39 Å². The van der Waals surface area contributed by atoms with Crippen LogP contribution in [0.1, 0.15) is 36.6 Å². The third-order valence-electron chi connectivity index (χ3n) is 5.41. The van der Waals surface area contributed by atoms with Gasteiger partial charge in [0.15, 0.2) is 0 Å². The topological polar surface area (TPSA) is 66.8 Å². The van der Waals surface area contributed by atoms with Crippen LogP contribution in [0.3, 0.4) is 0 Å². The number of nitrogens with zero attached hydrogens (tertiary/aromatic N) is 1. The number of hydrogen-bond donors (Lipinski definition) is 1. The highest BCUT2D eigenvalue weighted by atomic mass is 19.1. The van der Waals surface area contributed by atoms with Crippen LogP contribution in [0.5, 0.6) is 5.75 Å². The second-order valence-electron chi connectivity index (χ2n) is 8.25. The molecule has 3 aromatic carbocycles. The van der Waals surface area contributed by atoms with Gasteiger partial charge in [0, 0.05) is 11.3 Å². The van der Waals surface area contributed by atoms with E-state index in [1.165, 1.54) is 29.2 Å². The summed E-state index contributed by atoms with van der Waals surface area (Å²) in [4.78, 5) is 27.5. The molecule has 1 unspecified atom stereocenters. The predicted octanol–water partition coefficient (Wildman–Crippen LogP) is 5.55. The zero-order chi connectivity index (χ0) is 23.7. The molecule has 33 heavy (non-hydrogen) atoms. The van der Waals surface area contributed by atoms with Crippen LogP contribution in [0.4, 0.5) is 10.1 Å². The van der Waals surface area contributed by atoms with Gasteiger partial charge in [0.2, 0.25) is 0 Å². The highest BCUT2D eigenvalue weighted by Gasteiger charge is 2.47. The molecule has 1 N–H and O–H groups in total. The lowest BCUT2D eigenvalue weighted by molar-refractivity contribution is -0.132. The summed E-state index contributed by atoms with van der Waals surface area (Å²) in [6.07, 6.45) is -0.00759. The van der Waals surface area contributed by atoms with Crippen molar-refractivity contribution in [2.24, 2.45) is 0 Å². The fourth-order valence-corrected chi connectivity index (χ4v) is 3.98. The molecule has 1 saturated heterocycles. The van der Waals surface area contributed by atoms with Crippen molar-refractivity contribution < 1.29 is 23.8 Å². The van der Waals surface area contributed by atoms with Crippen LogP contribution in [-0.4, -0.2) is 22.9 Å². The minimum atomic E-state index is -0.859. The van der Waals surface area contributed by atoms with Crippen molar-refractivity contribution in [1.82, 2.24) is 0 Å². The molecule has 1 fully saturated rings. The maximum absolute atomic E-state index is 13.5. The first-order chi connectivity index (χ1) is 15.8. The smallest absolute Gasteiger partial charge is 0.300 e. The summed E-state index contributed by atoms with van der Waals surface area (Å²) in [6, 6.07) is 18.6. The van der Waals surface area contributed by atoms with Gasteiger partial charge < -0.3 is 9.84 Å². The Bertz CT molecular complexity index is 1230. The maximum atomic E-state index is 13.5. The van der Waals surface area contributed by atoms with Gasteiger partial charge in [-0.15, -0.1) is 0 Å². The summed E-state index contributed by atoms with van der Waals surface area (Å²) in [5, 5.41) is 11.2. The molecule has 1 atom stereocenters. The highest BCUT2D eigenvalue weighted by Crippen LogP contribution is 2.42. The molecule has 1 aliphatic heterocycles. The van der Waals surface area contributed by atoms with Crippen molar-refractivity contribution in [2.45, 2.75) is 32.9 Å². The maximum Gasteiger partial charge on any atom is 0.300 e. The number of aryl methyl sites for hydroxylation is 1. The standard InChI is InChI=1S/C27H24FNO4/c1-16(2)33-22-13-7-18(8-14-22)25(30)23-24(19-6-4-5-17(3)15-19)29(27(32)26(23)31)21-11-9-20(28)10-12-21/h4-16,24,30H,1-3H3/b25-23-. The van der Waals surface area contributed by atoms with Crippen LogP contribution in [0.25, 0.3) is 5.76 Å². The van der Waals surface area contributed by atoms with Gasteiger partial charge in [0.05, 0.1) is 17.7 Å². The first-order valence-corrected chi connectivity index (χ1v) is 10.7. The zero-order valence-corrected chi connectivity index (χ0v) is 18.6. The van der Waals surface area contributed by atoms with E-state index in [0.29, 0.717) is 22.6 Å². The Kier molecular flexibility index (Phi) is 6.01. The summed E-state index contributed by atoms with van der Waals surface area (Å²) in [7, 11) is 0. The van der Waals surface area contributed by atoms with Crippen molar-refractivity contribution >= 4 is 23.1 Å². The fourth-order valence-electron chi connectivity index (χ4n) is 3.98. The molecule has 168 valence electrons. The number of amides is 1. The number of ketones is 1. The minimum Gasteiger partial charge on any atom is -0.507 e. The van der Waals surface area contributed by atoms with Crippen LogP contribution >= 0.6 is 0 Å². The average Bonchev–Trinajstić information content (AvgIpc) is 3.05. The molecule has 0 aromatic heterocycles. The van der Waals surface area contributed by atoms with E-state index >= 15 is 0 Å². The third-order valence-corrected chi connectivity index (χ3v) is 5.41. The SMILES string of the molecule is Cc1cccc(C2/C(=C(/O)c3ccc(OC(C)C)cc3)C(=O)C(=O)N2c2ccc(F)cc2)c1.